The summed E-state index contributed by atoms with van der Waals surface area (Å²) in [6.45, 7) is 4.99. The van der Waals surface area contributed by atoms with Gasteiger partial charge in [0.25, 0.3) is 11.1 Å². The molecule has 0 aliphatic carbocycles. The normalized spacial score (nSPS) is 14.4. The first-order valence-corrected chi connectivity index (χ1v) is 13.4. The fourth-order valence-electron chi connectivity index (χ4n) is 3.80. The smallest absolute Gasteiger partial charge is 0.344 e. The van der Waals surface area contributed by atoms with Gasteiger partial charge in [0.2, 0.25) is 0 Å². The Hall–Kier alpha value is -3.63. The highest BCUT2D eigenvalue weighted by Crippen LogP contribution is 2.40. The van der Waals surface area contributed by atoms with E-state index in [0.717, 1.165) is 27.4 Å². The van der Waals surface area contributed by atoms with Crippen LogP contribution >= 0.6 is 27.7 Å². The maximum atomic E-state index is 13.1. The number of amides is 2. The fourth-order valence-corrected chi connectivity index (χ4v) is 5.18. The molecule has 0 atom stereocenters. The lowest BCUT2D eigenvalue weighted by Crippen LogP contribution is -2.35. The zero-order valence-electron chi connectivity index (χ0n) is 20.9. The monoisotopic (exact) mass is 597 g/mol. The molecule has 1 fully saturated rings. The van der Waals surface area contributed by atoms with Crippen LogP contribution in [0.1, 0.15) is 36.7 Å². The van der Waals surface area contributed by atoms with Crippen molar-refractivity contribution in [1.82, 2.24) is 4.90 Å². The molecule has 1 aliphatic rings. The van der Waals surface area contributed by atoms with E-state index in [1.165, 1.54) is 6.08 Å². The van der Waals surface area contributed by atoms with Gasteiger partial charge in [-0.15, -0.1) is 0 Å². The topological polar surface area (TPSA) is 99.2 Å². The predicted octanol–water partition coefficient (Wildman–Crippen LogP) is 6.21. The van der Waals surface area contributed by atoms with Crippen molar-refractivity contribution < 1.29 is 33.4 Å². The first-order chi connectivity index (χ1) is 18.2. The summed E-state index contributed by atoms with van der Waals surface area (Å²) in [5, 5.41) is 1.11. The molecule has 1 aliphatic heterocycles. The summed E-state index contributed by atoms with van der Waals surface area (Å²) >= 11 is 4.17. The van der Waals surface area contributed by atoms with Crippen LogP contribution in [0.3, 0.4) is 0 Å². The summed E-state index contributed by atoms with van der Waals surface area (Å²) in [7, 11) is 0. The van der Waals surface area contributed by atoms with E-state index in [2.05, 4.69) is 15.9 Å². The van der Waals surface area contributed by atoms with E-state index >= 15 is 0 Å². The van der Waals surface area contributed by atoms with Gasteiger partial charge in [0, 0.05) is 0 Å². The highest BCUT2D eigenvalue weighted by Gasteiger charge is 2.37. The third-order valence-electron chi connectivity index (χ3n) is 5.36. The molecule has 0 aromatic heterocycles. The van der Waals surface area contributed by atoms with Crippen LogP contribution in [0.25, 0.3) is 16.8 Å². The van der Waals surface area contributed by atoms with E-state index in [9.17, 15) is 19.2 Å². The Morgan fingerprint density at radius 2 is 1.82 bits per heavy atom. The van der Waals surface area contributed by atoms with Gasteiger partial charge < -0.3 is 14.2 Å². The summed E-state index contributed by atoms with van der Waals surface area (Å²) in [6, 6.07) is 16.2. The summed E-state index contributed by atoms with van der Waals surface area (Å²) in [5.41, 5.74) is 0.937. The largest absolute Gasteiger partial charge is 0.490 e. The number of halogens is 1. The maximum Gasteiger partial charge on any atom is 0.344 e. The van der Waals surface area contributed by atoms with Crippen LogP contribution in [0.4, 0.5) is 4.79 Å². The minimum Gasteiger partial charge on any atom is -0.490 e. The molecule has 1 heterocycles. The molecule has 196 valence electrons. The molecule has 4 rings (SSSR count). The van der Waals surface area contributed by atoms with Crippen molar-refractivity contribution in [3.05, 3.63) is 75.1 Å². The third kappa shape index (κ3) is 6.08. The molecule has 38 heavy (non-hydrogen) atoms. The van der Waals surface area contributed by atoms with Crippen molar-refractivity contribution in [2.24, 2.45) is 0 Å². The number of fused-ring (bicyclic) bond motifs is 1. The van der Waals surface area contributed by atoms with Gasteiger partial charge in [0.15, 0.2) is 11.5 Å². The van der Waals surface area contributed by atoms with Crippen LogP contribution in [0.2, 0.25) is 0 Å². The number of benzene rings is 3. The number of nitrogens with zero attached hydrogens (tertiary/aromatic N) is 1. The summed E-state index contributed by atoms with van der Waals surface area (Å²) < 4.78 is 17.0. The molecular formula is C28H24BrNO7S. The second-order valence-electron chi connectivity index (χ2n) is 8.49. The molecule has 8 nitrogen and oxygen atoms in total. The Bertz CT molecular complexity index is 1460. The average Bonchev–Trinajstić information content (AvgIpc) is 3.12. The average molecular weight is 598 g/mol. The zero-order valence-corrected chi connectivity index (χ0v) is 23.3. The molecule has 2 amide bonds. The molecule has 1 saturated heterocycles. The highest BCUT2D eigenvalue weighted by molar-refractivity contribution is 9.10. The molecule has 0 unspecified atom stereocenters. The zero-order chi connectivity index (χ0) is 27.4. The Labute approximate surface area is 232 Å². The van der Waals surface area contributed by atoms with E-state index in [1.54, 1.807) is 45.0 Å². The standard InChI is InChI=1S/C28H24BrNO7S/c1-4-35-22-13-17(14-23-26(32)30(28(34)38-23)15-24(31)36-16(2)3)12-21(29)25(22)37-27(33)20-11-7-9-18-8-5-6-10-19(18)20/h5-14,16H,4,15H2,1-3H3/b23-14-. The second-order valence-corrected chi connectivity index (χ2v) is 10.3. The van der Waals surface area contributed by atoms with E-state index < -0.39 is 29.6 Å². The van der Waals surface area contributed by atoms with Gasteiger partial charge >= 0.3 is 11.9 Å². The molecule has 3 aromatic rings. The first-order valence-electron chi connectivity index (χ1n) is 11.8. The molecule has 0 saturated carbocycles. The Morgan fingerprint density at radius 3 is 2.55 bits per heavy atom. The Morgan fingerprint density at radius 1 is 1.08 bits per heavy atom. The number of hydrogen-bond acceptors (Lipinski definition) is 8. The van der Waals surface area contributed by atoms with Crippen molar-refractivity contribution >= 4 is 67.6 Å². The van der Waals surface area contributed by atoms with Gasteiger partial charge in [-0.25, -0.2) is 4.79 Å². The number of esters is 2. The minimum absolute atomic E-state index is 0.141. The van der Waals surface area contributed by atoms with Crippen molar-refractivity contribution in [2.75, 3.05) is 13.2 Å². The lowest BCUT2D eigenvalue weighted by atomic mass is 10.0. The van der Waals surface area contributed by atoms with E-state index in [1.807, 2.05) is 30.3 Å². The molecular weight excluding hydrogens is 574 g/mol. The SMILES string of the molecule is CCOc1cc(/C=C2\SC(=O)N(CC(=O)OC(C)C)C2=O)cc(Br)c1OC(=O)c1cccc2ccccc12. The number of ether oxygens (including phenoxy) is 3. The van der Waals surface area contributed by atoms with Gasteiger partial charge in [-0.1, -0.05) is 36.4 Å². The van der Waals surface area contributed by atoms with E-state index in [4.69, 9.17) is 14.2 Å². The maximum absolute atomic E-state index is 13.1. The van der Waals surface area contributed by atoms with Crippen LogP contribution < -0.4 is 9.47 Å². The number of rotatable bonds is 8. The van der Waals surface area contributed by atoms with Crippen LogP contribution in [-0.2, 0) is 14.3 Å². The fraction of sp³-hybridized carbons (Fsp3) is 0.214. The molecule has 0 radical (unpaired) electrons. The number of hydrogen-bond donors (Lipinski definition) is 0. The van der Waals surface area contributed by atoms with E-state index in [-0.39, 0.29) is 22.5 Å². The molecule has 3 aromatic carbocycles. The quantitative estimate of drug-likeness (QED) is 0.172. The van der Waals surface area contributed by atoms with Gasteiger partial charge in [-0.2, -0.15) is 0 Å². The summed E-state index contributed by atoms with van der Waals surface area (Å²) in [4.78, 5) is 51.3. The van der Waals surface area contributed by atoms with Crippen molar-refractivity contribution in [3.63, 3.8) is 0 Å². The van der Waals surface area contributed by atoms with Crippen LogP contribution in [0.15, 0.2) is 64.0 Å². The second kappa shape index (κ2) is 11.8. The molecule has 10 heteroatoms. The van der Waals surface area contributed by atoms with Crippen molar-refractivity contribution in [2.45, 2.75) is 26.9 Å². The number of imide groups is 1. The van der Waals surface area contributed by atoms with Crippen LogP contribution in [0.5, 0.6) is 11.5 Å². The lowest BCUT2D eigenvalue weighted by Gasteiger charge is -2.14. The van der Waals surface area contributed by atoms with Gasteiger partial charge in [-0.05, 0) is 89.1 Å². The number of carbonyl (C=O) groups is 4. The number of carbonyl (C=O) groups excluding carboxylic acids is 4. The van der Waals surface area contributed by atoms with E-state index in [0.29, 0.717) is 22.2 Å². The Balaban J connectivity index is 1.60. The lowest BCUT2D eigenvalue weighted by molar-refractivity contribution is -0.149. The molecule has 0 spiro atoms. The summed E-state index contributed by atoms with van der Waals surface area (Å²) in [6.07, 6.45) is 1.16. The van der Waals surface area contributed by atoms with Crippen molar-refractivity contribution in [3.8, 4) is 11.5 Å². The van der Waals surface area contributed by atoms with Crippen LogP contribution in [0, 0.1) is 0 Å². The molecule has 0 N–H and O–H groups in total. The van der Waals surface area contributed by atoms with Gasteiger partial charge in [-0.3, -0.25) is 19.3 Å². The summed E-state index contributed by atoms with van der Waals surface area (Å²) in [5.74, 6) is -1.35. The number of thioether (sulfide) groups is 1. The molecule has 0 bridgehead atoms. The highest BCUT2D eigenvalue weighted by atomic mass is 79.9. The van der Waals surface area contributed by atoms with Crippen LogP contribution in [-0.4, -0.2) is 47.2 Å². The first kappa shape index (κ1) is 27.4. The third-order valence-corrected chi connectivity index (χ3v) is 6.86. The van der Waals surface area contributed by atoms with Crippen molar-refractivity contribution in [1.29, 1.82) is 0 Å². The predicted molar refractivity (Wildman–Crippen MR) is 148 cm³/mol. The van der Waals surface area contributed by atoms with Gasteiger partial charge in [0.05, 0.1) is 27.7 Å². The minimum atomic E-state index is -0.665. The Kier molecular flexibility index (Phi) is 8.53. The van der Waals surface area contributed by atoms with Gasteiger partial charge in [0.1, 0.15) is 6.54 Å².